The highest BCUT2D eigenvalue weighted by Crippen LogP contribution is 2.50. The molecule has 304 valence electrons. The van der Waals surface area contributed by atoms with E-state index in [1.54, 1.807) is 0 Å². The summed E-state index contributed by atoms with van der Waals surface area (Å²) in [6, 6.07) is 8.95. The van der Waals surface area contributed by atoms with Crippen LogP contribution in [-0.4, -0.2) is 101 Å². The zero-order valence-corrected chi connectivity index (χ0v) is 33.6. The van der Waals surface area contributed by atoms with Crippen LogP contribution in [0.15, 0.2) is 53.9 Å². The van der Waals surface area contributed by atoms with Crippen LogP contribution in [0.2, 0.25) is 0 Å². The monoisotopic (exact) mass is 819 g/mol. The van der Waals surface area contributed by atoms with Gasteiger partial charge in [-0.2, -0.15) is 13.1 Å². The Morgan fingerprint density at radius 2 is 1.67 bits per heavy atom. The van der Waals surface area contributed by atoms with E-state index in [9.17, 15) is 27.6 Å². The molecule has 1 unspecified atom stereocenters. The molecule has 4 heterocycles. The van der Waals surface area contributed by atoms with Gasteiger partial charge in [-0.15, -0.1) is 11.3 Å². The smallest absolute Gasteiger partial charge is 0.408 e. The third-order valence-electron chi connectivity index (χ3n) is 11.7. The first kappa shape index (κ1) is 39.2. The lowest BCUT2D eigenvalue weighted by atomic mass is 10.0. The molecule has 5 atom stereocenters. The van der Waals surface area contributed by atoms with Gasteiger partial charge in [0.2, 0.25) is 17.7 Å². The number of nitrogens with zero attached hydrogens (tertiary/aromatic N) is 4. The zero-order valence-electron chi connectivity index (χ0n) is 31.9. The first-order valence-electron chi connectivity index (χ1n) is 20.0. The van der Waals surface area contributed by atoms with Gasteiger partial charge >= 0.3 is 16.3 Å². The molecule has 17 heteroatoms. The molecule has 1 aromatic carbocycles. The SMILES string of the molecule is CN1C(=O)[C@@H]2C[C@@H](Oc3nc4ccccc4nc3-c3cccs3)CN2C(=O)[C@@H](NC(=O)OC2CCCC2)CCCCC/C=C\C2C[C@]21C(=O)NS(=O)(=O)NC1CC1. The van der Waals surface area contributed by atoms with E-state index in [-0.39, 0.29) is 37.4 Å². The van der Waals surface area contributed by atoms with E-state index in [0.29, 0.717) is 48.8 Å². The summed E-state index contributed by atoms with van der Waals surface area (Å²) in [6.45, 7) is -0.0143. The van der Waals surface area contributed by atoms with Crippen LogP contribution in [0, 0.1) is 5.92 Å². The number of fused-ring (bicyclic) bond motifs is 3. The van der Waals surface area contributed by atoms with Crippen molar-refractivity contribution in [3.05, 3.63) is 53.9 Å². The number of carbonyl (C=O) groups is 4. The summed E-state index contributed by atoms with van der Waals surface area (Å²) in [5.74, 6) is -2.00. The molecule has 4 amide bonds. The molecule has 0 spiro atoms. The quantitative estimate of drug-likeness (QED) is 0.258. The molecule has 2 aromatic heterocycles. The highest BCUT2D eigenvalue weighted by Gasteiger charge is 2.65. The van der Waals surface area contributed by atoms with Crippen LogP contribution in [0.1, 0.15) is 83.5 Å². The first-order valence-corrected chi connectivity index (χ1v) is 22.4. The van der Waals surface area contributed by atoms with Crippen molar-refractivity contribution in [1.82, 2.24) is 34.5 Å². The Morgan fingerprint density at radius 1 is 0.912 bits per heavy atom. The summed E-state index contributed by atoms with van der Waals surface area (Å²) in [5, 5.41) is 4.77. The third-order valence-corrected chi connectivity index (χ3v) is 13.7. The minimum absolute atomic E-state index is 0.0143. The van der Waals surface area contributed by atoms with Gasteiger partial charge in [0.15, 0.2) is 0 Å². The van der Waals surface area contributed by atoms with E-state index in [1.165, 1.54) is 28.2 Å². The van der Waals surface area contributed by atoms with E-state index >= 15 is 0 Å². The van der Waals surface area contributed by atoms with Gasteiger partial charge in [0.25, 0.3) is 5.91 Å². The number of rotatable bonds is 9. The Morgan fingerprint density at radius 3 is 2.40 bits per heavy atom. The Labute approximate surface area is 336 Å². The predicted octanol–water partition coefficient (Wildman–Crippen LogP) is 4.59. The average molecular weight is 820 g/mol. The van der Waals surface area contributed by atoms with E-state index in [4.69, 9.17) is 19.4 Å². The van der Waals surface area contributed by atoms with Crippen LogP contribution in [-0.2, 0) is 29.3 Å². The summed E-state index contributed by atoms with van der Waals surface area (Å²) in [4.78, 5) is 70.1. The number of alkyl carbamates (subject to hydrolysis) is 1. The maximum atomic E-state index is 14.9. The number of hydrogen-bond donors (Lipinski definition) is 3. The normalized spacial score (nSPS) is 27.9. The van der Waals surface area contributed by atoms with E-state index < -0.39 is 63.7 Å². The largest absolute Gasteiger partial charge is 0.471 e. The van der Waals surface area contributed by atoms with Crippen molar-refractivity contribution < 1.29 is 37.1 Å². The van der Waals surface area contributed by atoms with Crippen molar-refractivity contribution in [2.75, 3.05) is 13.6 Å². The Kier molecular flexibility index (Phi) is 11.2. The number of nitrogens with one attached hydrogen (secondary N) is 3. The van der Waals surface area contributed by atoms with Crippen molar-refractivity contribution in [3.8, 4) is 16.5 Å². The number of allylic oxidation sites excluding steroid dienone is 1. The van der Waals surface area contributed by atoms with Gasteiger partial charge in [0.1, 0.15) is 35.5 Å². The fraction of sp³-hybridized carbons (Fsp3) is 0.550. The van der Waals surface area contributed by atoms with Gasteiger partial charge in [0, 0.05) is 25.4 Å². The molecule has 3 saturated carbocycles. The number of amides is 4. The first-order chi connectivity index (χ1) is 27.5. The Hall–Kier alpha value is -4.61. The van der Waals surface area contributed by atoms with Crippen molar-refractivity contribution in [2.24, 2.45) is 5.92 Å². The van der Waals surface area contributed by atoms with Gasteiger partial charge < -0.3 is 24.6 Å². The highest BCUT2D eigenvalue weighted by molar-refractivity contribution is 7.88. The molecule has 3 aromatic rings. The summed E-state index contributed by atoms with van der Waals surface area (Å²) in [6.07, 6.45) is 10.6. The Balaban J connectivity index is 1.12. The van der Waals surface area contributed by atoms with Crippen LogP contribution in [0.25, 0.3) is 21.6 Å². The lowest BCUT2D eigenvalue weighted by Gasteiger charge is -2.34. The molecule has 57 heavy (non-hydrogen) atoms. The number of carbonyl (C=O) groups excluding carboxylic acids is 4. The molecule has 1 saturated heterocycles. The second-order valence-corrected chi connectivity index (χ2v) is 18.3. The fourth-order valence-corrected chi connectivity index (χ4v) is 10.2. The maximum Gasteiger partial charge on any atom is 0.408 e. The number of aromatic nitrogens is 2. The van der Waals surface area contributed by atoms with E-state index in [0.717, 1.165) is 43.4 Å². The van der Waals surface area contributed by atoms with Crippen molar-refractivity contribution in [1.29, 1.82) is 0 Å². The molecular formula is C40H49N7O8S2. The molecule has 8 rings (SSSR count). The van der Waals surface area contributed by atoms with E-state index in [1.807, 2.05) is 53.9 Å². The number of likely N-dealkylation sites (N-methyl/N-ethyl adjacent to an activating group) is 1. The molecule has 0 bridgehead atoms. The predicted molar refractivity (Wildman–Crippen MR) is 212 cm³/mol. The number of thiophene rings is 1. The second-order valence-electron chi connectivity index (χ2n) is 15.9. The van der Waals surface area contributed by atoms with Crippen molar-refractivity contribution >= 4 is 56.4 Å². The number of hydrogen-bond acceptors (Lipinski definition) is 11. The van der Waals surface area contributed by atoms with Crippen LogP contribution in [0.4, 0.5) is 4.79 Å². The molecule has 0 radical (unpaired) electrons. The minimum atomic E-state index is -4.18. The second kappa shape index (κ2) is 16.3. The molecule has 2 aliphatic heterocycles. The van der Waals surface area contributed by atoms with Gasteiger partial charge in [-0.1, -0.05) is 43.2 Å². The zero-order chi connectivity index (χ0) is 39.7. The summed E-state index contributed by atoms with van der Waals surface area (Å²) in [5.41, 5.74) is 0.327. The van der Waals surface area contributed by atoms with Crippen molar-refractivity contribution in [3.63, 3.8) is 0 Å². The molecule has 4 fully saturated rings. The van der Waals surface area contributed by atoms with Crippen LogP contribution in [0.5, 0.6) is 5.88 Å². The average Bonchev–Trinajstić information content (AvgIpc) is 3.86. The van der Waals surface area contributed by atoms with Crippen LogP contribution in [0.3, 0.4) is 0 Å². The summed E-state index contributed by atoms with van der Waals surface area (Å²) < 4.78 is 42.9. The lowest BCUT2D eigenvalue weighted by Crippen LogP contribution is -2.59. The standard InChI is InChI=1S/C40H49N7O8S2/c1-46-37(49)32-22-28(54-35-34(33-18-11-21-56-33)41-29-15-9-10-16-30(29)42-35)24-47(32)36(48)31(43-39(51)55-27-13-7-8-14-27)17-6-4-2-3-5-12-25-23-40(25,46)38(50)45-57(52,53)44-26-19-20-26/h5,9-12,15-16,18,21,25-28,31-32,44H,2-4,6-8,13-14,17,19-20,22-24H2,1H3,(H,43,51)(H,45,50)/b12-5-/t25?,28-,31+,32+,40-/m1/s1. The minimum Gasteiger partial charge on any atom is -0.471 e. The molecule has 3 aliphatic carbocycles. The molecule has 15 nitrogen and oxygen atoms in total. The maximum absolute atomic E-state index is 14.9. The van der Waals surface area contributed by atoms with Gasteiger partial charge in [-0.3, -0.25) is 14.4 Å². The fourth-order valence-electron chi connectivity index (χ4n) is 8.38. The van der Waals surface area contributed by atoms with Gasteiger partial charge in [0.05, 0.1) is 22.5 Å². The molecule has 3 N–H and O–H groups in total. The highest BCUT2D eigenvalue weighted by atomic mass is 32.2. The summed E-state index contributed by atoms with van der Waals surface area (Å²) in [7, 11) is -2.69. The number of ether oxygens (including phenoxy) is 2. The van der Waals surface area contributed by atoms with Gasteiger partial charge in [-0.25, -0.2) is 19.5 Å². The Bertz CT molecular complexity index is 2140. The summed E-state index contributed by atoms with van der Waals surface area (Å²) >= 11 is 1.48. The molecule has 5 aliphatic rings. The van der Waals surface area contributed by atoms with Crippen LogP contribution < -0.4 is 19.5 Å². The number of benzene rings is 1. The molecular weight excluding hydrogens is 771 g/mol. The third kappa shape index (κ3) is 8.65. The number of para-hydroxylation sites is 2. The topological polar surface area (TPSA) is 189 Å². The van der Waals surface area contributed by atoms with Gasteiger partial charge in [-0.05, 0) is 87.8 Å². The van der Waals surface area contributed by atoms with Crippen molar-refractivity contribution in [2.45, 2.75) is 119 Å². The lowest BCUT2D eigenvalue weighted by molar-refractivity contribution is -0.148. The van der Waals surface area contributed by atoms with E-state index in [2.05, 4.69) is 14.8 Å². The van der Waals surface area contributed by atoms with Crippen LogP contribution >= 0.6 is 11.3 Å².